The first kappa shape index (κ1) is 16.8. The van der Waals surface area contributed by atoms with Crippen molar-refractivity contribution in [1.29, 1.82) is 5.26 Å². The van der Waals surface area contributed by atoms with Crippen LogP contribution in [0.15, 0.2) is 60.2 Å². The Balaban J connectivity index is 1.73. The Hall–Kier alpha value is -2.65. The highest BCUT2D eigenvalue weighted by Crippen LogP contribution is 2.33. The lowest BCUT2D eigenvalue weighted by atomic mass is 9.98. The third-order valence-corrected chi connectivity index (χ3v) is 5.64. The molecule has 0 heterocycles. The van der Waals surface area contributed by atoms with Gasteiger partial charge in [0.2, 0.25) is 0 Å². The Morgan fingerprint density at radius 3 is 2.58 bits per heavy atom. The van der Waals surface area contributed by atoms with E-state index in [4.69, 9.17) is 0 Å². The Morgan fingerprint density at radius 1 is 1.04 bits per heavy atom. The number of halogens is 1. The van der Waals surface area contributed by atoms with Crippen molar-refractivity contribution < 1.29 is 4.79 Å². The van der Waals surface area contributed by atoms with Gasteiger partial charge in [0.15, 0.2) is 0 Å². The molecular weight excluding hydrogens is 435 g/mol. The predicted molar refractivity (Wildman–Crippen MR) is 113 cm³/mol. The Morgan fingerprint density at radius 2 is 1.81 bits per heavy atom. The standard InChI is InChI=1S/C22H15IN2O/c23-19-6-1-2-7-20(19)25-22(26)17(13-24)12-16-11-10-15-9-8-14-4-3-5-18(16)21(14)15/h1-7,10-12H,8-9H2,(H,25,26)/b17-12-. The second-order valence-corrected chi connectivity index (χ2v) is 7.42. The number of benzene rings is 3. The lowest BCUT2D eigenvalue weighted by molar-refractivity contribution is -0.112. The highest BCUT2D eigenvalue weighted by atomic mass is 127. The molecule has 0 atom stereocenters. The summed E-state index contributed by atoms with van der Waals surface area (Å²) in [7, 11) is 0. The molecule has 1 aliphatic rings. The molecule has 26 heavy (non-hydrogen) atoms. The highest BCUT2D eigenvalue weighted by Gasteiger charge is 2.16. The SMILES string of the molecule is N#C/C(=C/c1ccc2c3c(cccc13)CC2)C(=O)Nc1ccccc1I. The van der Waals surface area contributed by atoms with Crippen LogP contribution in [0, 0.1) is 14.9 Å². The molecule has 0 fully saturated rings. The van der Waals surface area contributed by atoms with Crippen molar-refractivity contribution >= 4 is 51.0 Å². The smallest absolute Gasteiger partial charge is 0.266 e. The van der Waals surface area contributed by atoms with Gasteiger partial charge in [-0.3, -0.25) is 4.79 Å². The number of aryl methyl sites for hydroxylation is 2. The van der Waals surface area contributed by atoms with Gasteiger partial charge >= 0.3 is 0 Å². The average Bonchev–Trinajstić information content (AvgIpc) is 3.08. The number of carbonyl (C=O) groups excluding carboxylic acids is 1. The molecule has 1 amide bonds. The number of nitrogens with zero attached hydrogens (tertiary/aromatic N) is 1. The molecule has 3 aromatic rings. The number of rotatable bonds is 3. The van der Waals surface area contributed by atoms with Gasteiger partial charge in [-0.1, -0.05) is 42.5 Å². The molecule has 0 spiro atoms. The second kappa shape index (κ2) is 6.93. The summed E-state index contributed by atoms with van der Waals surface area (Å²) < 4.78 is 0.932. The molecule has 4 heteroatoms. The van der Waals surface area contributed by atoms with Crippen molar-refractivity contribution in [3.63, 3.8) is 0 Å². The normalized spacial score (nSPS) is 12.8. The zero-order valence-electron chi connectivity index (χ0n) is 13.9. The monoisotopic (exact) mass is 450 g/mol. The van der Waals surface area contributed by atoms with Crippen LogP contribution >= 0.6 is 22.6 Å². The van der Waals surface area contributed by atoms with Crippen LogP contribution < -0.4 is 5.32 Å². The van der Waals surface area contributed by atoms with Crippen molar-refractivity contribution in [2.24, 2.45) is 0 Å². The maximum atomic E-state index is 12.6. The van der Waals surface area contributed by atoms with E-state index in [0.717, 1.165) is 27.4 Å². The van der Waals surface area contributed by atoms with E-state index in [9.17, 15) is 10.1 Å². The molecule has 0 unspecified atom stereocenters. The molecule has 3 nitrogen and oxygen atoms in total. The van der Waals surface area contributed by atoms with Gasteiger partial charge in [0.05, 0.1) is 5.69 Å². The molecule has 1 aliphatic carbocycles. The topological polar surface area (TPSA) is 52.9 Å². The molecule has 4 rings (SSSR count). The minimum absolute atomic E-state index is 0.100. The Labute approximate surface area is 165 Å². The van der Waals surface area contributed by atoms with Crippen molar-refractivity contribution in [3.8, 4) is 6.07 Å². The van der Waals surface area contributed by atoms with Crippen LogP contribution in [0.1, 0.15) is 16.7 Å². The number of para-hydroxylation sites is 1. The first-order valence-corrected chi connectivity index (χ1v) is 9.46. The van der Waals surface area contributed by atoms with Crippen LogP contribution in [0.2, 0.25) is 0 Å². The number of carbonyl (C=O) groups is 1. The minimum atomic E-state index is -0.389. The zero-order chi connectivity index (χ0) is 18.1. The Bertz CT molecular complexity index is 1100. The molecular formula is C22H15IN2O. The molecule has 1 N–H and O–H groups in total. The zero-order valence-corrected chi connectivity index (χ0v) is 16.1. The summed E-state index contributed by atoms with van der Waals surface area (Å²) in [6.07, 6.45) is 3.79. The van der Waals surface area contributed by atoms with Gasteiger partial charge in [-0.05, 0) is 81.1 Å². The van der Waals surface area contributed by atoms with Crippen LogP contribution in [-0.4, -0.2) is 5.91 Å². The minimum Gasteiger partial charge on any atom is -0.320 e. The summed E-state index contributed by atoms with van der Waals surface area (Å²) in [6.45, 7) is 0. The van der Waals surface area contributed by atoms with Crippen LogP contribution in [0.25, 0.3) is 16.8 Å². The van der Waals surface area contributed by atoms with E-state index < -0.39 is 0 Å². The van der Waals surface area contributed by atoms with Gasteiger partial charge in [0, 0.05) is 3.57 Å². The fraction of sp³-hybridized carbons (Fsp3) is 0.0909. The van der Waals surface area contributed by atoms with E-state index in [-0.39, 0.29) is 11.5 Å². The number of hydrogen-bond acceptors (Lipinski definition) is 2. The summed E-state index contributed by atoms with van der Waals surface area (Å²) in [5.74, 6) is -0.389. The first-order valence-electron chi connectivity index (χ1n) is 8.38. The van der Waals surface area contributed by atoms with Gasteiger partial charge in [-0.25, -0.2) is 0 Å². The lowest BCUT2D eigenvalue weighted by Gasteiger charge is -2.08. The summed E-state index contributed by atoms with van der Waals surface area (Å²) in [5.41, 5.74) is 4.40. The molecule has 3 aromatic carbocycles. The fourth-order valence-electron chi connectivity index (χ4n) is 3.45. The molecule has 0 radical (unpaired) electrons. The third kappa shape index (κ3) is 2.99. The van der Waals surface area contributed by atoms with E-state index >= 15 is 0 Å². The molecule has 0 aliphatic heterocycles. The highest BCUT2D eigenvalue weighted by molar-refractivity contribution is 14.1. The first-order chi connectivity index (χ1) is 12.7. The number of hydrogen-bond donors (Lipinski definition) is 1. The molecule has 0 bridgehead atoms. The maximum absolute atomic E-state index is 12.6. The van der Waals surface area contributed by atoms with E-state index in [1.165, 1.54) is 16.5 Å². The fourth-order valence-corrected chi connectivity index (χ4v) is 3.97. The Kier molecular flexibility index (Phi) is 4.48. The number of amides is 1. The van der Waals surface area contributed by atoms with Crippen LogP contribution in [0.3, 0.4) is 0 Å². The van der Waals surface area contributed by atoms with Gasteiger partial charge in [0.1, 0.15) is 11.6 Å². The van der Waals surface area contributed by atoms with Gasteiger partial charge < -0.3 is 5.32 Å². The summed E-state index contributed by atoms with van der Waals surface area (Å²) in [5, 5.41) is 14.7. The van der Waals surface area contributed by atoms with E-state index in [1.807, 2.05) is 42.5 Å². The molecule has 0 saturated carbocycles. The van der Waals surface area contributed by atoms with Crippen LogP contribution in [0.4, 0.5) is 5.69 Å². The van der Waals surface area contributed by atoms with Crippen molar-refractivity contribution in [3.05, 3.63) is 80.4 Å². The molecule has 126 valence electrons. The number of anilines is 1. The largest absolute Gasteiger partial charge is 0.320 e. The lowest BCUT2D eigenvalue weighted by Crippen LogP contribution is -2.14. The van der Waals surface area contributed by atoms with Crippen molar-refractivity contribution in [1.82, 2.24) is 0 Å². The van der Waals surface area contributed by atoms with Crippen molar-refractivity contribution in [2.75, 3.05) is 5.32 Å². The van der Waals surface area contributed by atoms with Gasteiger partial charge in [0.25, 0.3) is 5.91 Å². The van der Waals surface area contributed by atoms with E-state index in [0.29, 0.717) is 5.69 Å². The number of nitrogens with one attached hydrogen (secondary N) is 1. The van der Waals surface area contributed by atoms with Gasteiger partial charge in [-0.15, -0.1) is 0 Å². The van der Waals surface area contributed by atoms with E-state index in [2.05, 4.69) is 46.1 Å². The van der Waals surface area contributed by atoms with Crippen molar-refractivity contribution in [2.45, 2.75) is 12.8 Å². The maximum Gasteiger partial charge on any atom is 0.266 e. The third-order valence-electron chi connectivity index (χ3n) is 4.70. The van der Waals surface area contributed by atoms with Gasteiger partial charge in [-0.2, -0.15) is 5.26 Å². The number of nitriles is 1. The van der Waals surface area contributed by atoms with Crippen LogP contribution in [0.5, 0.6) is 0 Å². The molecule has 0 aromatic heterocycles. The summed E-state index contributed by atoms with van der Waals surface area (Å²) >= 11 is 2.16. The van der Waals surface area contributed by atoms with Crippen LogP contribution in [-0.2, 0) is 17.6 Å². The predicted octanol–water partition coefficient (Wildman–Crippen LogP) is 5.09. The summed E-state index contributed by atoms with van der Waals surface area (Å²) in [6, 6.07) is 19.9. The quantitative estimate of drug-likeness (QED) is 0.344. The second-order valence-electron chi connectivity index (χ2n) is 6.26. The molecule has 0 saturated heterocycles. The summed E-state index contributed by atoms with van der Waals surface area (Å²) in [4.78, 5) is 12.6. The average molecular weight is 450 g/mol. The van der Waals surface area contributed by atoms with E-state index in [1.54, 1.807) is 6.08 Å².